The maximum atomic E-state index is 5.48. The Hall–Kier alpha value is -3.35. The highest BCUT2D eigenvalue weighted by atomic mass is 16.5. The van der Waals surface area contributed by atoms with E-state index in [0.29, 0.717) is 35.3 Å². The zero-order chi connectivity index (χ0) is 19.2. The molecule has 1 heterocycles. The quantitative estimate of drug-likeness (QED) is 0.642. The maximum Gasteiger partial charge on any atom is 0.203 e. The minimum atomic E-state index is 0.571. The minimum Gasteiger partial charge on any atom is -0.496 e. The third-order valence-electron chi connectivity index (χ3n) is 4.12. The number of hydrogen-bond donors (Lipinski definition) is 1. The molecule has 142 valence electrons. The summed E-state index contributed by atoms with van der Waals surface area (Å²) in [7, 11) is 6.40. The Morgan fingerprint density at radius 1 is 0.889 bits per heavy atom. The number of benzene rings is 2. The van der Waals surface area contributed by atoms with Crippen LogP contribution >= 0.6 is 0 Å². The van der Waals surface area contributed by atoms with Gasteiger partial charge in [0.15, 0.2) is 23.7 Å². The van der Waals surface area contributed by atoms with Crippen LogP contribution in [0.3, 0.4) is 0 Å². The number of anilines is 1. The van der Waals surface area contributed by atoms with Gasteiger partial charge in [0.05, 0.1) is 40.2 Å². The van der Waals surface area contributed by atoms with Crippen LogP contribution < -0.4 is 24.3 Å². The molecule has 1 N–H and O–H groups in total. The van der Waals surface area contributed by atoms with Crippen molar-refractivity contribution < 1.29 is 23.4 Å². The molecular formula is C20H22N2O5. The zero-order valence-electron chi connectivity index (χ0n) is 15.7. The van der Waals surface area contributed by atoms with Crippen molar-refractivity contribution in [2.75, 3.05) is 33.8 Å². The van der Waals surface area contributed by atoms with Crippen LogP contribution in [0.4, 0.5) is 5.69 Å². The smallest absolute Gasteiger partial charge is 0.203 e. The number of aromatic nitrogens is 1. The SMILES string of the molecule is COc1cc(NCc2cc(OC)c(OC)c(OC)c2)ccc1-c1cnco1. The van der Waals surface area contributed by atoms with Crippen LogP contribution in [0.5, 0.6) is 23.0 Å². The average molecular weight is 370 g/mol. The second kappa shape index (κ2) is 8.35. The predicted molar refractivity (Wildman–Crippen MR) is 102 cm³/mol. The lowest BCUT2D eigenvalue weighted by Crippen LogP contribution is -2.02. The number of nitrogens with zero attached hydrogens (tertiary/aromatic N) is 1. The number of ether oxygens (including phenoxy) is 4. The molecule has 0 aliphatic rings. The first-order valence-electron chi connectivity index (χ1n) is 8.29. The number of methoxy groups -OCH3 is 4. The molecule has 0 fully saturated rings. The van der Waals surface area contributed by atoms with Crippen LogP contribution in [0, 0.1) is 0 Å². The molecule has 7 nitrogen and oxygen atoms in total. The lowest BCUT2D eigenvalue weighted by molar-refractivity contribution is 0.324. The Bertz CT molecular complexity index is 868. The van der Waals surface area contributed by atoms with Crippen LogP contribution in [0.1, 0.15) is 5.56 Å². The standard InChI is InChI=1S/C20H22N2O5/c1-23-16-9-14(5-6-15(16)19-11-21-12-27-19)22-10-13-7-17(24-2)20(26-4)18(8-13)25-3/h5-9,11-12,22H,10H2,1-4H3. The summed E-state index contributed by atoms with van der Waals surface area (Å²) >= 11 is 0. The van der Waals surface area contributed by atoms with Gasteiger partial charge in [-0.3, -0.25) is 0 Å². The molecule has 0 unspecified atom stereocenters. The van der Waals surface area contributed by atoms with Crippen LogP contribution in [-0.4, -0.2) is 33.4 Å². The van der Waals surface area contributed by atoms with E-state index >= 15 is 0 Å². The highest BCUT2D eigenvalue weighted by Gasteiger charge is 2.14. The van der Waals surface area contributed by atoms with Gasteiger partial charge in [0.1, 0.15) is 5.75 Å². The van der Waals surface area contributed by atoms with E-state index in [1.54, 1.807) is 34.6 Å². The first-order valence-corrected chi connectivity index (χ1v) is 8.29. The molecular weight excluding hydrogens is 348 g/mol. The third kappa shape index (κ3) is 3.92. The van der Waals surface area contributed by atoms with Crippen molar-refractivity contribution in [1.82, 2.24) is 4.98 Å². The van der Waals surface area contributed by atoms with Gasteiger partial charge in [-0.15, -0.1) is 0 Å². The Labute approximate surface area is 157 Å². The molecule has 0 amide bonds. The number of nitrogens with one attached hydrogen (secondary N) is 1. The lowest BCUT2D eigenvalue weighted by Gasteiger charge is -2.15. The lowest BCUT2D eigenvalue weighted by atomic mass is 10.1. The van der Waals surface area contributed by atoms with Gasteiger partial charge >= 0.3 is 0 Å². The minimum absolute atomic E-state index is 0.571. The Kier molecular flexibility index (Phi) is 5.71. The summed E-state index contributed by atoms with van der Waals surface area (Å²) in [5.74, 6) is 3.16. The summed E-state index contributed by atoms with van der Waals surface area (Å²) in [5, 5.41) is 3.37. The van der Waals surface area contributed by atoms with Crippen molar-refractivity contribution in [3.8, 4) is 34.3 Å². The van der Waals surface area contributed by atoms with Crippen molar-refractivity contribution in [2.45, 2.75) is 6.54 Å². The molecule has 3 rings (SSSR count). The molecule has 0 spiro atoms. The topological polar surface area (TPSA) is 75.0 Å². The molecule has 0 aliphatic heterocycles. The highest BCUT2D eigenvalue weighted by Crippen LogP contribution is 2.38. The molecule has 7 heteroatoms. The van der Waals surface area contributed by atoms with Crippen LogP contribution in [0.15, 0.2) is 47.3 Å². The van der Waals surface area contributed by atoms with E-state index in [2.05, 4.69) is 10.3 Å². The molecule has 3 aromatic rings. The van der Waals surface area contributed by atoms with E-state index in [4.69, 9.17) is 23.4 Å². The van der Waals surface area contributed by atoms with E-state index in [-0.39, 0.29) is 0 Å². The van der Waals surface area contributed by atoms with Crippen molar-refractivity contribution in [3.63, 3.8) is 0 Å². The molecule has 0 radical (unpaired) electrons. The fraction of sp³-hybridized carbons (Fsp3) is 0.250. The number of oxazole rings is 1. The second-order valence-electron chi connectivity index (χ2n) is 5.67. The van der Waals surface area contributed by atoms with E-state index in [0.717, 1.165) is 16.8 Å². The molecule has 0 atom stereocenters. The summed E-state index contributed by atoms with van der Waals surface area (Å²) in [6.07, 6.45) is 3.05. The molecule has 2 aromatic carbocycles. The zero-order valence-corrected chi connectivity index (χ0v) is 15.7. The summed E-state index contributed by atoms with van der Waals surface area (Å²) in [5.41, 5.74) is 2.74. The second-order valence-corrected chi connectivity index (χ2v) is 5.67. The summed E-state index contributed by atoms with van der Waals surface area (Å²) in [4.78, 5) is 3.95. The van der Waals surface area contributed by atoms with Gasteiger partial charge in [0.25, 0.3) is 0 Å². The third-order valence-corrected chi connectivity index (χ3v) is 4.12. The summed E-state index contributed by atoms with van der Waals surface area (Å²) in [6, 6.07) is 9.62. The van der Waals surface area contributed by atoms with E-state index in [1.165, 1.54) is 6.39 Å². The Balaban J connectivity index is 1.81. The highest BCUT2D eigenvalue weighted by molar-refractivity contribution is 5.69. The normalized spacial score (nSPS) is 10.4. The van der Waals surface area contributed by atoms with E-state index in [9.17, 15) is 0 Å². The first kappa shape index (κ1) is 18.4. The number of hydrogen-bond acceptors (Lipinski definition) is 7. The van der Waals surface area contributed by atoms with Crippen molar-refractivity contribution in [1.29, 1.82) is 0 Å². The van der Waals surface area contributed by atoms with Gasteiger partial charge in [-0.25, -0.2) is 4.98 Å². The van der Waals surface area contributed by atoms with Crippen molar-refractivity contribution in [2.24, 2.45) is 0 Å². The van der Waals surface area contributed by atoms with E-state index < -0.39 is 0 Å². The van der Waals surface area contributed by atoms with Crippen LogP contribution in [-0.2, 0) is 6.54 Å². The average Bonchev–Trinajstić information content (AvgIpc) is 3.25. The van der Waals surface area contributed by atoms with Gasteiger partial charge < -0.3 is 28.7 Å². The fourth-order valence-corrected chi connectivity index (χ4v) is 2.80. The van der Waals surface area contributed by atoms with Crippen LogP contribution in [0.25, 0.3) is 11.3 Å². The van der Waals surface area contributed by atoms with Gasteiger partial charge in [0.2, 0.25) is 5.75 Å². The summed E-state index contributed by atoms with van der Waals surface area (Å²) < 4.78 is 27.0. The molecule has 0 saturated carbocycles. The largest absolute Gasteiger partial charge is 0.496 e. The number of rotatable bonds is 8. The fourth-order valence-electron chi connectivity index (χ4n) is 2.80. The Morgan fingerprint density at radius 2 is 1.59 bits per heavy atom. The Morgan fingerprint density at radius 3 is 2.15 bits per heavy atom. The van der Waals surface area contributed by atoms with Crippen LogP contribution in [0.2, 0.25) is 0 Å². The predicted octanol–water partition coefficient (Wildman–Crippen LogP) is 3.99. The molecule has 0 aliphatic carbocycles. The van der Waals surface area contributed by atoms with E-state index in [1.807, 2.05) is 30.3 Å². The monoisotopic (exact) mass is 370 g/mol. The van der Waals surface area contributed by atoms with Gasteiger partial charge in [-0.2, -0.15) is 0 Å². The van der Waals surface area contributed by atoms with Crippen molar-refractivity contribution >= 4 is 5.69 Å². The van der Waals surface area contributed by atoms with Gasteiger partial charge in [0, 0.05) is 18.3 Å². The molecule has 0 saturated heterocycles. The first-order chi connectivity index (χ1) is 13.2. The molecule has 27 heavy (non-hydrogen) atoms. The maximum absolute atomic E-state index is 5.48. The van der Waals surface area contributed by atoms with Gasteiger partial charge in [-0.05, 0) is 29.8 Å². The van der Waals surface area contributed by atoms with Crippen molar-refractivity contribution in [3.05, 3.63) is 48.5 Å². The molecule has 0 bridgehead atoms. The van der Waals surface area contributed by atoms with Gasteiger partial charge in [-0.1, -0.05) is 0 Å². The molecule has 1 aromatic heterocycles. The summed E-state index contributed by atoms with van der Waals surface area (Å²) in [6.45, 7) is 0.571.